The molecule has 0 fully saturated rings. The van der Waals surface area contributed by atoms with Crippen LogP contribution in [0.1, 0.15) is 48.6 Å². The lowest BCUT2D eigenvalue weighted by molar-refractivity contribution is -0.113. The summed E-state index contributed by atoms with van der Waals surface area (Å²) in [6.45, 7) is 8.48. The van der Waals surface area contributed by atoms with E-state index in [1.807, 2.05) is 37.3 Å². The van der Waals surface area contributed by atoms with Crippen LogP contribution >= 0.6 is 11.8 Å². The summed E-state index contributed by atoms with van der Waals surface area (Å²) in [5.74, 6) is 0.914. The third kappa shape index (κ3) is 4.87. The van der Waals surface area contributed by atoms with Gasteiger partial charge in [-0.05, 0) is 36.5 Å². The number of carbonyl (C=O) groups is 1. The fraction of sp³-hybridized carbons (Fsp3) is 0.350. The Morgan fingerprint density at radius 1 is 1.04 bits per heavy atom. The molecule has 2 rings (SSSR count). The highest BCUT2D eigenvalue weighted by atomic mass is 32.2. The van der Waals surface area contributed by atoms with E-state index < -0.39 is 0 Å². The average molecular weight is 327 g/mol. The second kappa shape index (κ2) is 8.21. The molecule has 0 saturated carbocycles. The maximum atomic E-state index is 12.3. The lowest BCUT2D eigenvalue weighted by atomic mass is 9.98. The van der Waals surface area contributed by atoms with Crippen LogP contribution < -0.4 is 5.32 Å². The third-order valence-corrected chi connectivity index (χ3v) is 5.13. The van der Waals surface area contributed by atoms with Crippen LogP contribution in [0, 0.1) is 6.92 Å². The second-order valence-corrected chi connectivity index (χ2v) is 7.44. The summed E-state index contributed by atoms with van der Waals surface area (Å²) in [5, 5.41) is 3.42. The molecule has 2 aromatic rings. The van der Waals surface area contributed by atoms with Gasteiger partial charge in [0.05, 0.1) is 5.75 Å². The largest absolute Gasteiger partial charge is 0.325 e. The molecule has 1 atom stereocenters. The van der Waals surface area contributed by atoms with Crippen molar-refractivity contribution >= 4 is 23.4 Å². The van der Waals surface area contributed by atoms with Crippen LogP contribution in [0.25, 0.3) is 0 Å². The van der Waals surface area contributed by atoms with Crippen LogP contribution in [0.2, 0.25) is 0 Å². The maximum Gasteiger partial charge on any atom is 0.234 e. The lowest BCUT2D eigenvalue weighted by Crippen LogP contribution is -2.17. The molecule has 122 valence electrons. The van der Waals surface area contributed by atoms with E-state index in [2.05, 4.69) is 44.3 Å². The number of benzene rings is 2. The SMILES string of the molecule is Cc1cccc(C(C)C)c1NC(=O)CS[C@H](C)c1ccccc1. The Morgan fingerprint density at radius 3 is 2.39 bits per heavy atom. The molecule has 1 amide bonds. The highest BCUT2D eigenvalue weighted by Crippen LogP contribution is 2.30. The number of thioether (sulfide) groups is 1. The summed E-state index contributed by atoms with van der Waals surface area (Å²) in [6, 6.07) is 16.5. The Kier molecular flexibility index (Phi) is 6.28. The summed E-state index contributed by atoms with van der Waals surface area (Å²) in [7, 11) is 0. The lowest BCUT2D eigenvalue weighted by Gasteiger charge is -2.17. The number of carbonyl (C=O) groups excluding carboxylic acids is 1. The van der Waals surface area contributed by atoms with Crippen molar-refractivity contribution in [2.75, 3.05) is 11.1 Å². The van der Waals surface area contributed by atoms with Crippen molar-refractivity contribution < 1.29 is 4.79 Å². The van der Waals surface area contributed by atoms with Crippen molar-refractivity contribution in [3.63, 3.8) is 0 Å². The Labute approximate surface area is 143 Å². The van der Waals surface area contributed by atoms with E-state index in [0.717, 1.165) is 11.3 Å². The highest BCUT2D eigenvalue weighted by Gasteiger charge is 2.13. The minimum absolute atomic E-state index is 0.0639. The molecule has 0 spiro atoms. The number of aryl methyl sites for hydroxylation is 1. The van der Waals surface area contributed by atoms with Gasteiger partial charge in [-0.1, -0.05) is 62.4 Å². The van der Waals surface area contributed by atoms with Gasteiger partial charge in [-0.3, -0.25) is 4.79 Å². The van der Waals surface area contributed by atoms with E-state index in [1.165, 1.54) is 11.1 Å². The Bertz CT molecular complexity index is 652. The van der Waals surface area contributed by atoms with Gasteiger partial charge in [0.2, 0.25) is 5.91 Å². The minimum atomic E-state index is 0.0639. The smallest absolute Gasteiger partial charge is 0.234 e. The number of hydrogen-bond donors (Lipinski definition) is 1. The molecular weight excluding hydrogens is 302 g/mol. The number of amides is 1. The van der Waals surface area contributed by atoms with Gasteiger partial charge in [-0.15, -0.1) is 11.8 Å². The number of nitrogens with one attached hydrogen (secondary N) is 1. The molecule has 0 unspecified atom stereocenters. The van der Waals surface area contributed by atoms with Crippen molar-refractivity contribution in [3.05, 3.63) is 65.2 Å². The molecule has 0 bridgehead atoms. The second-order valence-electron chi connectivity index (χ2n) is 6.11. The third-order valence-electron chi connectivity index (χ3n) is 3.92. The molecule has 0 saturated heterocycles. The zero-order chi connectivity index (χ0) is 16.8. The topological polar surface area (TPSA) is 29.1 Å². The Balaban J connectivity index is 1.98. The molecule has 2 nitrogen and oxygen atoms in total. The van der Waals surface area contributed by atoms with Crippen LogP contribution in [0.3, 0.4) is 0 Å². The molecule has 23 heavy (non-hydrogen) atoms. The molecule has 0 heterocycles. The predicted molar refractivity (Wildman–Crippen MR) is 101 cm³/mol. The van der Waals surface area contributed by atoms with Crippen LogP contribution in [-0.2, 0) is 4.79 Å². The maximum absolute atomic E-state index is 12.3. The van der Waals surface area contributed by atoms with Crippen LogP contribution in [0.5, 0.6) is 0 Å². The highest BCUT2D eigenvalue weighted by molar-refractivity contribution is 8.00. The normalized spacial score (nSPS) is 12.2. The van der Waals surface area contributed by atoms with Gasteiger partial charge in [0.1, 0.15) is 0 Å². The van der Waals surface area contributed by atoms with Crippen molar-refractivity contribution in [3.8, 4) is 0 Å². The number of rotatable bonds is 6. The standard InChI is InChI=1S/C20H25NOS/c1-14(2)18-12-8-9-15(3)20(18)21-19(22)13-23-16(4)17-10-6-5-7-11-17/h5-12,14,16H,13H2,1-4H3,(H,21,22)/t16-/m1/s1. The van der Waals surface area contributed by atoms with Gasteiger partial charge in [0, 0.05) is 10.9 Å². The molecule has 0 aliphatic heterocycles. The van der Waals surface area contributed by atoms with Crippen LogP contribution in [-0.4, -0.2) is 11.7 Å². The Morgan fingerprint density at radius 2 is 1.74 bits per heavy atom. The number of hydrogen-bond acceptors (Lipinski definition) is 2. The molecule has 0 aliphatic carbocycles. The first kappa shape index (κ1) is 17.6. The summed E-state index contributed by atoms with van der Waals surface area (Å²) in [5.41, 5.74) is 4.54. The van der Waals surface area contributed by atoms with E-state index >= 15 is 0 Å². The minimum Gasteiger partial charge on any atom is -0.325 e. The van der Waals surface area contributed by atoms with Crippen LogP contribution in [0.4, 0.5) is 5.69 Å². The molecular formula is C20H25NOS. The van der Waals surface area contributed by atoms with E-state index in [1.54, 1.807) is 11.8 Å². The average Bonchev–Trinajstić information content (AvgIpc) is 2.55. The first-order chi connectivity index (χ1) is 11.0. The van der Waals surface area contributed by atoms with E-state index in [-0.39, 0.29) is 5.91 Å². The van der Waals surface area contributed by atoms with Crippen molar-refractivity contribution in [1.82, 2.24) is 0 Å². The van der Waals surface area contributed by atoms with Crippen molar-refractivity contribution in [1.29, 1.82) is 0 Å². The zero-order valence-electron chi connectivity index (χ0n) is 14.3. The molecule has 1 N–H and O–H groups in total. The number of anilines is 1. The summed E-state index contributed by atoms with van der Waals surface area (Å²) in [4.78, 5) is 12.3. The monoisotopic (exact) mass is 327 g/mol. The molecule has 3 heteroatoms. The molecule has 0 aliphatic rings. The van der Waals surface area contributed by atoms with Crippen molar-refractivity contribution in [2.24, 2.45) is 0 Å². The summed E-state index contributed by atoms with van der Waals surface area (Å²) in [6.07, 6.45) is 0. The van der Waals surface area contributed by atoms with Crippen LogP contribution in [0.15, 0.2) is 48.5 Å². The zero-order valence-corrected chi connectivity index (χ0v) is 15.1. The predicted octanol–water partition coefficient (Wildman–Crippen LogP) is 5.55. The van der Waals surface area contributed by atoms with Gasteiger partial charge in [-0.2, -0.15) is 0 Å². The van der Waals surface area contributed by atoms with Gasteiger partial charge in [0.25, 0.3) is 0 Å². The molecule has 2 aromatic carbocycles. The summed E-state index contributed by atoms with van der Waals surface area (Å²) >= 11 is 1.66. The van der Waals surface area contributed by atoms with Gasteiger partial charge >= 0.3 is 0 Å². The van der Waals surface area contributed by atoms with E-state index in [0.29, 0.717) is 16.9 Å². The number of para-hydroxylation sites is 1. The Hall–Kier alpha value is -1.74. The first-order valence-corrected chi connectivity index (χ1v) is 9.09. The van der Waals surface area contributed by atoms with Gasteiger partial charge in [0.15, 0.2) is 0 Å². The van der Waals surface area contributed by atoms with Gasteiger partial charge in [-0.25, -0.2) is 0 Å². The molecule has 0 aromatic heterocycles. The van der Waals surface area contributed by atoms with E-state index in [4.69, 9.17) is 0 Å². The first-order valence-electron chi connectivity index (χ1n) is 8.05. The molecule has 0 radical (unpaired) electrons. The quantitative estimate of drug-likeness (QED) is 0.753. The fourth-order valence-corrected chi connectivity index (χ4v) is 3.36. The fourth-order valence-electron chi connectivity index (χ4n) is 2.54. The van der Waals surface area contributed by atoms with Gasteiger partial charge < -0.3 is 5.32 Å². The summed E-state index contributed by atoms with van der Waals surface area (Å²) < 4.78 is 0. The van der Waals surface area contributed by atoms with Crippen molar-refractivity contribution in [2.45, 2.75) is 38.9 Å². The van der Waals surface area contributed by atoms with E-state index in [9.17, 15) is 4.79 Å².